The van der Waals surface area contributed by atoms with E-state index in [1.165, 1.54) is 11.1 Å². The van der Waals surface area contributed by atoms with Crippen molar-refractivity contribution < 1.29 is 14.2 Å². The predicted molar refractivity (Wildman–Crippen MR) is 106 cm³/mol. The maximum absolute atomic E-state index is 5.80. The van der Waals surface area contributed by atoms with Gasteiger partial charge >= 0.3 is 0 Å². The van der Waals surface area contributed by atoms with Gasteiger partial charge in [-0.2, -0.15) is 0 Å². The van der Waals surface area contributed by atoms with Crippen molar-refractivity contribution in [1.29, 1.82) is 0 Å². The summed E-state index contributed by atoms with van der Waals surface area (Å²) in [6.45, 7) is 5.29. The maximum Gasteiger partial charge on any atom is 0.195 e. The van der Waals surface area contributed by atoms with Crippen LogP contribution in [-0.4, -0.2) is 40.4 Å². The van der Waals surface area contributed by atoms with Crippen LogP contribution in [0.15, 0.2) is 41.4 Å². The molecule has 0 bridgehead atoms. The van der Waals surface area contributed by atoms with Gasteiger partial charge in [0.25, 0.3) is 0 Å². The first-order valence-electron chi connectivity index (χ1n) is 8.46. The summed E-state index contributed by atoms with van der Waals surface area (Å²) in [7, 11) is 4.95. The Bertz CT molecular complexity index is 740. The van der Waals surface area contributed by atoms with Crippen molar-refractivity contribution in [2.24, 2.45) is 4.99 Å². The van der Waals surface area contributed by atoms with E-state index < -0.39 is 0 Å². The minimum atomic E-state index is 0.537. The molecule has 140 valence electrons. The minimum Gasteiger partial charge on any atom is -0.493 e. The van der Waals surface area contributed by atoms with E-state index in [0.717, 1.165) is 11.4 Å². The molecule has 0 spiro atoms. The third kappa shape index (κ3) is 5.58. The Hall–Kier alpha value is -2.89. The number of anilines is 1. The van der Waals surface area contributed by atoms with Gasteiger partial charge in [-0.05, 0) is 49.2 Å². The molecule has 6 nitrogen and oxygen atoms in total. The normalized spacial score (nSPS) is 11.0. The lowest BCUT2D eigenvalue weighted by atomic mass is 10.1. The van der Waals surface area contributed by atoms with Crippen molar-refractivity contribution in [3.8, 4) is 17.2 Å². The number of hydrogen-bond donors (Lipinski definition) is 2. The summed E-state index contributed by atoms with van der Waals surface area (Å²) < 4.78 is 16.4. The van der Waals surface area contributed by atoms with Gasteiger partial charge in [0.2, 0.25) is 0 Å². The number of aliphatic imine (C=N–C) groups is 1. The van der Waals surface area contributed by atoms with Crippen LogP contribution in [-0.2, 0) is 0 Å². The van der Waals surface area contributed by atoms with E-state index in [2.05, 4.69) is 35.5 Å². The summed E-state index contributed by atoms with van der Waals surface area (Å²) in [4.78, 5) is 4.22. The molecule has 0 amide bonds. The summed E-state index contributed by atoms with van der Waals surface area (Å²) in [5.41, 5.74) is 3.24. The molecule has 2 rings (SSSR count). The molecule has 0 atom stereocenters. The Morgan fingerprint density at radius 3 is 2.27 bits per heavy atom. The standard InChI is InChI=1S/C20H27N3O3/c1-14-10-15(2)12-17(11-14)26-9-8-22-20(21-3)23-16-6-7-18(24-4)19(13-16)25-5/h6-7,10-13H,8-9H2,1-5H3,(H2,21,22,23). The third-order valence-corrected chi connectivity index (χ3v) is 3.73. The Morgan fingerprint density at radius 1 is 0.962 bits per heavy atom. The summed E-state index contributed by atoms with van der Waals surface area (Å²) in [6.07, 6.45) is 0. The van der Waals surface area contributed by atoms with Gasteiger partial charge in [-0.15, -0.1) is 0 Å². The number of rotatable bonds is 7. The molecule has 2 aromatic carbocycles. The third-order valence-electron chi connectivity index (χ3n) is 3.73. The highest BCUT2D eigenvalue weighted by Crippen LogP contribution is 2.29. The molecule has 0 aliphatic rings. The molecule has 0 heterocycles. The van der Waals surface area contributed by atoms with Gasteiger partial charge in [0.05, 0.1) is 20.8 Å². The van der Waals surface area contributed by atoms with Crippen LogP contribution in [0, 0.1) is 13.8 Å². The van der Waals surface area contributed by atoms with E-state index >= 15 is 0 Å². The van der Waals surface area contributed by atoms with Crippen molar-refractivity contribution in [3.05, 3.63) is 47.5 Å². The van der Waals surface area contributed by atoms with Crippen LogP contribution < -0.4 is 24.8 Å². The van der Waals surface area contributed by atoms with Gasteiger partial charge in [0, 0.05) is 18.8 Å². The van der Waals surface area contributed by atoms with E-state index in [-0.39, 0.29) is 0 Å². The molecule has 0 saturated carbocycles. The zero-order valence-corrected chi connectivity index (χ0v) is 16.1. The average Bonchev–Trinajstić information content (AvgIpc) is 2.63. The molecule has 0 fully saturated rings. The summed E-state index contributed by atoms with van der Waals surface area (Å²) in [5, 5.41) is 6.44. The lowest BCUT2D eigenvalue weighted by Crippen LogP contribution is -2.33. The fourth-order valence-electron chi connectivity index (χ4n) is 2.58. The Balaban J connectivity index is 1.86. The highest BCUT2D eigenvalue weighted by molar-refractivity contribution is 5.93. The van der Waals surface area contributed by atoms with E-state index in [0.29, 0.717) is 30.6 Å². The van der Waals surface area contributed by atoms with E-state index in [1.54, 1.807) is 21.3 Å². The molecule has 0 aromatic heterocycles. The van der Waals surface area contributed by atoms with Crippen molar-refractivity contribution >= 4 is 11.6 Å². The van der Waals surface area contributed by atoms with Gasteiger partial charge in [-0.1, -0.05) is 6.07 Å². The molecule has 0 saturated heterocycles. The Kier molecular flexibility index (Phi) is 7.14. The first-order chi connectivity index (χ1) is 12.5. The number of guanidine groups is 1. The quantitative estimate of drug-likeness (QED) is 0.452. The largest absolute Gasteiger partial charge is 0.493 e. The van der Waals surface area contributed by atoms with Crippen LogP contribution in [0.3, 0.4) is 0 Å². The molecular weight excluding hydrogens is 330 g/mol. The molecule has 0 aliphatic heterocycles. The lowest BCUT2D eigenvalue weighted by Gasteiger charge is -2.14. The van der Waals surface area contributed by atoms with Crippen LogP contribution >= 0.6 is 0 Å². The Labute approximate surface area is 155 Å². The maximum atomic E-state index is 5.80. The van der Waals surface area contributed by atoms with Crippen molar-refractivity contribution in [1.82, 2.24) is 5.32 Å². The van der Waals surface area contributed by atoms with Crippen LogP contribution in [0.1, 0.15) is 11.1 Å². The first kappa shape index (κ1) is 19.4. The number of aryl methyl sites for hydroxylation is 2. The molecule has 2 aromatic rings. The summed E-state index contributed by atoms with van der Waals surface area (Å²) in [5.74, 6) is 2.88. The van der Waals surface area contributed by atoms with E-state index in [9.17, 15) is 0 Å². The highest BCUT2D eigenvalue weighted by Gasteiger charge is 2.06. The van der Waals surface area contributed by atoms with Crippen molar-refractivity contribution in [2.45, 2.75) is 13.8 Å². The second kappa shape index (κ2) is 9.56. The number of methoxy groups -OCH3 is 2. The monoisotopic (exact) mass is 357 g/mol. The second-order valence-electron chi connectivity index (χ2n) is 5.87. The fraction of sp³-hybridized carbons (Fsp3) is 0.350. The van der Waals surface area contributed by atoms with Crippen LogP contribution in [0.4, 0.5) is 5.69 Å². The van der Waals surface area contributed by atoms with Crippen molar-refractivity contribution in [3.63, 3.8) is 0 Å². The molecule has 0 unspecified atom stereocenters. The summed E-state index contributed by atoms with van der Waals surface area (Å²) >= 11 is 0. The molecule has 6 heteroatoms. The zero-order valence-electron chi connectivity index (χ0n) is 16.1. The molecule has 0 aliphatic carbocycles. The predicted octanol–water partition coefficient (Wildman–Crippen LogP) is 3.39. The fourth-order valence-corrected chi connectivity index (χ4v) is 2.58. The zero-order chi connectivity index (χ0) is 18.9. The molecule has 26 heavy (non-hydrogen) atoms. The molecule has 0 radical (unpaired) electrons. The first-order valence-corrected chi connectivity index (χ1v) is 8.46. The van der Waals surface area contributed by atoms with E-state index in [4.69, 9.17) is 14.2 Å². The number of benzene rings is 2. The second-order valence-corrected chi connectivity index (χ2v) is 5.87. The van der Waals surface area contributed by atoms with Crippen molar-refractivity contribution in [2.75, 3.05) is 39.7 Å². The molecule has 2 N–H and O–H groups in total. The van der Waals surface area contributed by atoms with Gasteiger partial charge < -0.3 is 24.8 Å². The number of nitrogens with one attached hydrogen (secondary N) is 2. The number of ether oxygens (including phenoxy) is 3. The Morgan fingerprint density at radius 2 is 1.65 bits per heavy atom. The van der Waals surface area contributed by atoms with Gasteiger partial charge in [-0.3, -0.25) is 4.99 Å². The van der Waals surface area contributed by atoms with Crippen LogP contribution in [0.25, 0.3) is 0 Å². The lowest BCUT2D eigenvalue weighted by molar-refractivity contribution is 0.322. The number of nitrogens with zero attached hydrogens (tertiary/aromatic N) is 1. The summed E-state index contributed by atoms with van der Waals surface area (Å²) in [6, 6.07) is 11.8. The van der Waals surface area contributed by atoms with Gasteiger partial charge in [-0.25, -0.2) is 0 Å². The van der Waals surface area contributed by atoms with E-state index in [1.807, 2.05) is 30.3 Å². The molecular formula is C20H27N3O3. The highest BCUT2D eigenvalue weighted by atomic mass is 16.5. The van der Waals surface area contributed by atoms with Crippen LogP contribution in [0.2, 0.25) is 0 Å². The number of hydrogen-bond acceptors (Lipinski definition) is 4. The van der Waals surface area contributed by atoms with Gasteiger partial charge in [0.15, 0.2) is 17.5 Å². The minimum absolute atomic E-state index is 0.537. The smallest absolute Gasteiger partial charge is 0.195 e. The van der Waals surface area contributed by atoms with Gasteiger partial charge in [0.1, 0.15) is 12.4 Å². The van der Waals surface area contributed by atoms with Crippen LogP contribution in [0.5, 0.6) is 17.2 Å². The SMILES string of the molecule is CN=C(NCCOc1cc(C)cc(C)c1)Nc1ccc(OC)c(OC)c1. The topological polar surface area (TPSA) is 64.1 Å². The average molecular weight is 357 g/mol.